The lowest BCUT2D eigenvalue weighted by Crippen LogP contribution is -2.40. The van der Waals surface area contributed by atoms with Crippen molar-refractivity contribution < 1.29 is 32.9 Å². The Labute approximate surface area is 239 Å². The maximum absolute atomic E-state index is 15.3. The number of carbonyl (C=O) groups excluding carboxylic acids is 2. The third-order valence-corrected chi connectivity index (χ3v) is 8.41. The van der Waals surface area contributed by atoms with Crippen LogP contribution in [0, 0.1) is 19.7 Å². The number of esters is 1. The van der Waals surface area contributed by atoms with Gasteiger partial charge in [0.1, 0.15) is 23.4 Å². The normalized spacial score (nSPS) is 19.4. The molecule has 8 heteroatoms. The van der Waals surface area contributed by atoms with Crippen LogP contribution in [0.4, 0.5) is 4.39 Å². The van der Waals surface area contributed by atoms with Gasteiger partial charge in [0.2, 0.25) is 0 Å². The molecule has 2 heterocycles. The summed E-state index contributed by atoms with van der Waals surface area (Å²) in [7, 11) is 1.38. The van der Waals surface area contributed by atoms with Gasteiger partial charge in [-0.25, -0.2) is 4.39 Å². The van der Waals surface area contributed by atoms with E-state index in [-0.39, 0.29) is 30.0 Å². The van der Waals surface area contributed by atoms with Gasteiger partial charge in [0, 0.05) is 41.8 Å². The van der Waals surface area contributed by atoms with Gasteiger partial charge in [-0.05, 0) is 78.8 Å². The Morgan fingerprint density at radius 3 is 2.54 bits per heavy atom. The molecule has 0 saturated carbocycles. The minimum absolute atomic E-state index is 0.0128. The highest BCUT2D eigenvalue weighted by molar-refractivity contribution is 5.96. The molecule has 7 nitrogen and oxygen atoms in total. The van der Waals surface area contributed by atoms with Crippen molar-refractivity contribution in [1.82, 2.24) is 4.90 Å². The summed E-state index contributed by atoms with van der Waals surface area (Å²) >= 11 is 0. The van der Waals surface area contributed by atoms with E-state index in [0.29, 0.717) is 68.4 Å². The minimum atomic E-state index is -0.432. The summed E-state index contributed by atoms with van der Waals surface area (Å²) < 4.78 is 37.7. The van der Waals surface area contributed by atoms with Crippen LogP contribution in [0.3, 0.4) is 0 Å². The average molecular weight is 560 g/mol. The molecule has 2 atom stereocenters. The van der Waals surface area contributed by atoms with Crippen LogP contribution in [-0.2, 0) is 20.7 Å². The van der Waals surface area contributed by atoms with Crippen LogP contribution in [0.5, 0.6) is 11.5 Å². The quantitative estimate of drug-likeness (QED) is 0.362. The molecule has 0 radical (unpaired) electrons. The molecule has 1 saturated heterocycles. The largest absolute Gasteiger partial charge is 0.492 e. The first-order valence-corrected chi connectivity index (χ1v) is 14.1. The van der Waals surface area contributed by atoms with E-state index in [4.69, 9.17) is 18.9 Å². The second-order valence-corrected chi connectivity index (χ2v) is 11.0. The lowest BCUT2D eigenvalue weighted by atomic mass is 9.89. The van der Waals surface area contributed by atoms with E-state index in [2.05, 4.69) is 0 Å². The number of ether oxygens (including phenoxy) is 4. The van der Waals surface area contributed by atoms with E-state index in [0.717, 1.165) is 33.4 Å². The molecule has 0 N–H and O–H groups in total. The molecule has 3 aliphatic rings. The number of carbonyl (C=O) groups is 2. The molecular formula is C33H34FNO6. The van der Waals surface area contributed by atoms with Crippen LogP contribution in [-0.4, -0.2) is 56.8 Å². The molecule has 0 unspecified atom stereocenters. The number of benzene rings is 3. The van der Waals surface area contributed by atoms with E-state index >= 15 is 4.39 Å². The third kappa shape index (κ3) is 5.17. The van der Waals surface area contributed by atoms with Gasteiger partial charge in [0.15, 0.2) is 0 Å². The summed E-state index contributed by atoms with van der Waals surface area (Å²) in [6, 6.07) is 12.8. The number of hydrogen-bond donors (Lipinski definition) is 0. The molecule has 3 aromatic carbocycles. The van der Waals surface area contributed by atoms with Gasteiger partial charge >= 0.3 is 5.97 Å². The topological polar surface area (TPSA) is 74.3 Å². The van der Waals surface area contributed by atoms with Crippen LogP contribution < -0.4 is 9.47 Å². The summed E-state index contributed by atoms with van der Waals surface area (Å²) in [4.78, 5) is 26.7. The predicted octanol–water partition coefficient (Wildman–Crippen LogP) is 5.69. The van der Waals surface area contributed by atoms with Gasteiger partial charge in [-0.2, -0.15) is 0 Å². The first kappa shape index (κ1) is 27.3. The fraction of sp³-hybridized carbons (Fsp3) is 0.394. The second kappa shape index (κ2) is 11.2. The predicted molar refractivity (Wildman–Crippen MR) is 151 cm³/mol. The highest BCUT2D eigenvalue weighted by atomic mass is 19.1. The number of aryl methyl sites for hydroxylation is 2. The van der Waals surface area contributed by atoms with E-state index in [9.17, 15) is 9.59 Å². The number of morpholine rings is 1. The van der Waals surface area contributed by atoms with Gasteiger partial charge in [0.05, 0.1) is 33.4 Å². The van der Waals surface area contributed by atoms with Crippen molar-refractivity contribution in [2.75, 3.05) is 40.0 Å². The molecule has 1 aliphatic carbocycles. The summed E-state index contributed by atoms with van der Waals surface area (Å²) in [6.07, 6.45) is 1.16. The Morgan fingerprint density at radius 2 is 1.80 bits per heavy atom. The summed E-state index contributed by atoms with van der Waals surface area (Å²) in [5.74, 6) is 0.686. The standard InChI is InChI=1S/C33H34FNO6/c1-19-14-21(33(37)35-10-12-39-13-11-35)15-20(2)31(19)25-6-8-27(34)32-26(25)7-9-28(32)41-23-4-5-24-22(16-30(36)38-3)18-40-29(24)17-23/h4-6,8,14-15,17,22,28H,7,9-13,16,18H2,1-3H3/t22-,28+/m1/s1. The Bertz CT molecular complexity index is 1490. The fourth-order valence-corrected chi connectivity index (χ4v) is 6.43. The monoisotopic (exact) mass is 559 g/mol. The van der Waals surface area contributed by atoms with Crippen LogP contribution in [0.15, 0.2) is 42.5 Å². The zero-order chi connectivity index (χ0) is 28.7. The van der Waals surface area contributed by atoms with E-state index in [1.54, 1.807) is 0 Å². The van der Waals surface area contributed by atoms with Gasteiger partial charge in [-0.15, -0.1) is 0 Å². The van der Waals surface area contributed by atoms with E-state index < -0.39 is 6.10 Å². The van der Waals surface area contributed by atoms with Crippen molar-refractivity contribution in [3.8, 4) is 22.6 Å². The number of hydrogen-bond acceptors (Lipinski definition) is 6. The highest BCUT2D eigenvalue weighted by Crippen LogP contribution is 2.45. The molecule has 1 amide bonds. The van der Waals surface area contributed by atoms with E-state index in [1.165, 1.54) is 13.2 Å². The number of methoxy groups -OCH3 is 1. The molecule has 0 aromatic heterocycles. The van der Waals surface area contributed by atoms with Gasteiger partial charge in [0.25, 0.3) is 5.91 Å². The fourth-order valence-electron chi connectivity index (χ4n) is 6.43. The number of fused-ring (bicyclic) bond motifs is 2. The Kier molecular flexibility index (Phi) is 7.43. The summed E-state index contributed by atoms with van der Waals surface area (Å²) in [5.41, 5.74) is 7.12. The number of rotatable bonds is 6. The van der Waals surface area contributed by atoms with Gasteiger partial charge in [-0.3, -0.25) is 9.59 Å². The summed E-state index contributed by atoms with van der Waals surface area (Å²) in [6.45, 7) is 6.73. The second-order valence-electron chi connectivity index (χ2n) is 11.0. The number of amides is 1. The number of nitrogens with zero attached hydrogens (tertiary/aromatic N) is 1. The smallest absolute Gasteiger partial charge is 0.306 e. The molecule has 1 fully saturated rings. The molecule has 0 spiro atoms. The molecule has 3 aromatic rings. The molecule has 2 aliphatic heterocycles. The summed E-state index contributed by atoms with van der Waals surface area (Å²) in [5, 5.41) is 0. The van der Waals surface area contributed by atoms with Crippen LogP contribution in [0.1, 0.15) is 63.0 Å². The Morgan fingerprint density at radius 1 is 1.05 bits per heavy atom. The molecule has 41 heavy (non-hydrogen) atoms. The lowest BCUT2D eigenvalue weighted by molar-refractivity contribution is -0.141. The minimum Gasteiger partial charge on any atom is -0.492 e. The van der Waals surface area contributed by atoms with Crippen LogP contribution >= 0.6 is 0 Å². The molecule has 0 bridgehead atoms. The van der Waals surface area contributed by atoms with Crippen molar-refractivity contribution in [3.05, 3.63) is 81.7 Å². The third-order valence-electron chi connectivity index (χ3n) is 8.41. The Balaban J connectivity index is 1.26. The van der Waals surface area contributed by atoms with Crippen LogP contribution in [0.2, 0.25) is 0 Å². The van der Waals surface area contributed by atoms with Crippen molar-refractivity contribution in [1.29, 1.82) is 0 Å². The molecular weight excluding hydrogens is 525 g/mol. The van der Waals surface area contributed by atoms with E-state index in [1.807, 2.05) is 55.1 Å². The lowest BCUT2D eigenvalue weighted by Gasteiger charge is -2.27. The number of halogens is 1. The zero-order valence-corrected chi connectivity index (χ0v) is 23.6. The van der Waals surface area contributed by atoms with Crippen molar-refractivity contribution >= 4 is 11.9 Å². The zero-order valence-electron chi connectivity index (χ0n) is 23.6. The first-order valence-electron chi connectivity index (χ1n) is 14.1. The molecule has 6 rings (SSSR count). The maximum atomic E-state index is 15.3. The molecule has 214 valence electrons. The Hall–Kier alpha value is -3.91. The van der Waals surface area contributed by atoms with Gasteiger partial charge < -0.3 is 23.8 Å². The highest BCUT2D eigenvalue weighted by Gasteiger charge is 2.32. The SMILES string of the molecule is COC(=O)C[C@@H]1COc2cc(O[C@H]3CCc4c(-c5c(C)cc(C(=O)N6CCOCC6)cc5C)ccc(F)c43)ccc21. The average Bonchev–Trinajstić information content (AvgIpc) is 3.58. The van der Waals surface area contributed by atoms with Crippen molar-refractivity contribution in [2.24, 2.45) is 0 Å². The van der Waals surface area contributed by atoms with Crippen molar-refractivity contribution in [3.63, 3.8) is 0 Å². The first-order chi connectivity index (χ1) is 19.8. The van der Waals surface area contributed by atoms with Crippen molar-refractivity contribution in [2.45, 2.75) is 45.1 Å². The van der Waals surface area contributed by atoms with Crippen LogP contribution in [0.25, 0.3) is 11.1 Å². The van der Waals surface area contributed by atoms with Gasteiger partial charge in [-0.1, -0.05) is 12.1 Å². The maximum Gasteiger partial charge on any atom is 0.306 e.